The van der Waals surface area contributed by atoms with Crippen molar-refractivity contribution in [2.45, 2.75) is 104 Å². The van der Waals surface area contributed by atoms with Crippen LogP contribution in [-0.2, 0) is 14.3 Å². The third-order valence-electron chi connectivity index (χ3n) is 7.56. The zero-order chi connectivity index (χ0) is 25.2. The molecular weight excluding hydrogens is 452 g/mol. The largest absolute Gasteiger partial charge is 0.392 e. The number of fused-ring (bicyclic) bond motifs is 1. The average Bonchev–Trinajstić information content (AvgIpc) is 3.38. The number of hydrogen-bond donors (Lipinski definition) is 3. The number of Topliss-reactive ketones (excluding diaryl/α,β-unsaturated/α-hetero) is 1. The fourth-order valence-electron chi connectivity index (χ4n) is 4.91. The molecule has 3 rings (SSSR count). The molecule has 0 aromatic carbocycles. The summed E-state index contributed by atoms with van der Waals surface area (Å²) in [5, 5.41) is 27.7. The van der Waals surface area contributed by atoms with Crippen LogP contribution in [0.5, 0.6) is 0 Å². The number of carbonyl (C=O) groups excluding carboxylic acids is 2. The molecule has 0 saturated carbocycles. The van der Waals surface area contributed by atoms with Gasteiger partial charge in [0, 0.05) is 17.7 Å². The molecule has 8 heteroatoms. The van der Waals surface area contributed by atoms with Gasteiger partial charge >= 0.3 is 0 Å². The second-order valence-corrected chi connectivity index (χ2v) is 11.8. The van der Waals surface area contributed by atoms with Crippen molar-refractivity contribution < 1.29 is 24.5 Å². The van der Waals surface area contributed by atoms with Crippen molar-refractivity contribution in [3.05, 3.63) is 21.7 Å². The number of aromatic nitrogens is 1. The average molecular weight is 493 g/mol. The van der Waals surface area contributed by atoms with E-state index in [0.29, 0.717) is 6.42 Å². The zero-order valence-electron chi connectivity index (χ0n) is 21.2. The van der Waals surface area contributed by atoms with E-state index in [2.05, 4.69) is 10.3 Å². The van der Waals surface area contributed by atoms with Gasteiger partial charge in [0.15, 0.2) is 0 Å². The Balaban J connectivity index is 1.81. The monoisotopic (exact) mass is 492 g/mol. The molecule has 2 saturated heterocycles. The van der Waals surface area contributed by atoms with Crippen molar-refractivity contribution in [1.29, 1.82) is 0 Å². The van der Waals surface area contributed by atoms with Crippen LogP contribution in [0, 0.1) is 24.2 Å². The Kier molecular flexibility index (Phi) is 8.71. The van der Waals surface area contributed by atoms with Crippen LogP contribution in [0.3, 0.4) is 0 Å². The molecule has 7 nitrogen and oxygen atoms in total. The maximum absolute atomic E-state index is 13.2. The highest BCUT2D eigenvalue weighted by Crippen LogP contribution is 2.35. The van der Waals surface area contributed by atoms with Crippen molar-refractivity contribution in [2.75, 3.05) is 0 Å². The van der Waals surface area contributed by atoms with E-state index in [1.165, 1.54) is 0 Å². The van der Waals surface area contributed by atoms with Crippen LogP contribution in [0.2, 0.25) is 0 Å². The fourth-order valence-corrected chi connectivity index (χ4v) is 5.48. The Morgan fingerprint density at radius 3 is 2.59 bits per heavy atom. The third-order valence-corrected chi connectivity index (χ3v) is 8.35. The summed E-state index contributed by atoms with van der Waals surface area (Å²) in [5.74, 6) is -1.21. The molecule has 7 atom stereocenters. The molecule has 2 fully saturated rings. The quantitative estimate of drug-likeness (QED) is 0.543. The number of amides is 1. The van der Waals surface area contributed by atoms with Gasteiger partial charge in [0.2, 0.25) is 5.91 Å². The molecule has 0 aliphatic carbocycles. The minimum Gasteiger partial charge on any atom is -0.392 e. The zero-order valence-corrected chi connectivity index (χ0v) is 22.0. The maximum Gasteiger partial charge on any atom is 0.223 e. The summed E-state index contributed by atoms with van der Waals surface area (Å²) in [7, 11) is 0. The SMILES string of the molecule is C/C(=C\c1csc(C)n1)[C@@H]1C[C@@H]2O[C@@H]2CCC[C@H](C)[C@H](O)[C@@H](C)C(=O)C(C)(C)[C@@H](O)CC(=O)N1. The number of ether oxygens (including phenoxy) is 1. The Labute approximate surface area is 207 Å². The molecule has 1 amide bonds. The van der Waals surface area contributed by atoms with Gasteiger partial charge in [-0.3, -0.25) is 9.59 Å². The van der Waals surface area contributed by atoms with E-state index >= 15 is 0 Å². The number of thiazole rings is 1. The summed E-state index contributed by atoms with van der Waals surface area (Å²) < 4.78 is 5.91. The van der Waals surface area contributed by atoms with Gasteiger partial charge in [-0.05, 0) is 44.3 Å². The summed E-state index contributed by atoms with van der Waals surface area (Å²) >= 11 is 1.58. The van der Waals surface area contributed by atoms with Gasteiger partial charge in [-0.1, -0.05) is 34.1 Å². The Morgan fingerprint density at radius 2 is 1.94 bits per heavy atom. The molecule has 0 unspecified atom stereocenters. The van der Waals surface area contributed by atoms with Crippen molar-refractivity contribution in [3.8, 4) is 0 Å². The number of carbonyl (C=O) groups is 2. The van der Waals surface area contributed by atoms with E-state index in [-0.39, 0.29) is 42.3 Å². The topological polar surface area (TPSA) is 112 Å². The molecule has 190 valence electrons. The molecule has 34 heavy (non-hydrogen) atoms. The molecule has 1 aromatic heterocycles. The van der Waals surface area contributed by atoms with Crippen molar-refractivity contribution >= 4 is 29.1 Å². The van der Waals surface area contributed by atoms with Gasteiger partial charge in [0.25, 0.3) is 0 Å². The van der Waals surface area contributed by atoms with Crippen LogP contribution in [0.25, 0.3) is 6.08 Å². The molecule has 3 heterocycles. The standard InChI is InChI=1S/C26H40N2O5S/c1-14-8-7-9-20-21(33-20)11-19(15(2)10-18-13-34-17(4)27-18)28-23(30)12-22(29)26(5,6)25(32)16(3)24(14)31/h10,13-14,16,19-22,24,29,31H,7-9,11-12H2,1-6H3,(H,28,30)/b15-10+/t14-,16+,19-,20+,21-,22-,24-/m0/s1. The van der Waals surface area contributed by atoms with Gasteiger partial charge in [-0.2, -0.15) is 0 Å². The molecule has 3 N–H and O–H groups in total. The molecule has 0 radical (unpaired) electrons. The number of hydrogen-bond acceptors (Lipinski definition) is 7. The summed E-state index contributed by atoms with van der Waals surface area (Å²) in [6.45, 7) is 10.9. The van der Waals surface area contributed by atoms with Gasteiger partial charge in [0.05, 0.1) is 53.0 Å². The fraction of sp³-hybridized carbons (Fsp3) is 0.731. The Morgan fingerprint density at radius 1 is 1.24 bits per heavy atom. The molecule has 2 aliphatic rings. The van der Waals surface area contributed by atoms with Crippen molar-refractivity contribution in [3.63, 3.8) is 0 Å². The number of rotatable bonds is 2. The highest BCUT2D eigenvalue weighted by atomic mass is 32.1. The first kappa shape index (κ1) is 27.0. The number of epoxide rings is 1. The number of nitrogens with zero attached hydrogens (tertiary/aromatic N) is 1. The molecule has 0 bridgehead atoms. The van der Waals surface area contributed by atoms with Crippen LogP contribution < -0.4 is 5.32 Å². The third kappa shape index (κ3) is 6.53. The number of aliphatic hydroxyl groups excluding tert-OH is 2. The van der Waals surface area contributed by atoms with E-state index in [0.717, 1.165) is 35.5 Å². The van der Waals surface area contributed by atoms with Gasteiger partial charge < -0.3 is 20.3 Å². The van der Waals surface area contributed by atoms with Gasteiger partial charge in [0.1, 0.15) is 5.78 Å². The van der Waals surface area contributed by atoms with E-state index in [4.69, 9.17) is 4.74 Å². The summed E-state index contributed by atoms with van der Waals surface area (Å²) in [6.07, 6.45) is 3.31. The van der Waals surface area contributed by atoms with E-state index in [1.54, 1.807) is 32.1 Å². The second kappa shape index (κ2) is 11.0. The van der Waals surface area contributed by atoms with E-state index < -0.39 is 23.5 Å². The minimum atomic E-state index is -1.16. The van der Waals surface area contributed by atoms with E-state index in [9.17, 15) is 19.8 Å². The highest BCUT2D eigenvalue weighted by Gasteiger charge is 2.44. The van der Waals surface area contributed by atoms with E-state index in [1.807, 2.05) is 32.2 Å². The Hall–Kier alpha value is -1.61. The lowest BCUT2D eigenvalue weighted by molar-refractivity contribution is -0.143. The Bertz CT molecular complexity index is 911. The predicted octanol–water partition coefficient (Wildman–Crippen LogP) is 3.66. The first-order valence-electron chi connectivity index (χ1n) is 12.4. The van der Waals surface area contributed by atoms with Gasteiger partial charge in [-0.25, -0.2) is 4.98 Å². The molecule has 1 aromatic rings. The van der Waals surface area contributed by atoms with Crippen LogP contribution in [0.1, 0.15) is 77.4 Å². The second-order valence-electron chi connectivity index (χ2n) is 10.7. The summed E-state index contributed by atoms with van der Waals surface area (Å²) in [5.41, 5.74) is 0.685. The lowest BCUT2D eigenvalue weighted by Gasteiger charge is -2.34. The predicted molar refractivity (Wildman–Crippen MR) is 133 cm³/mol. The van der Waals surface area contributed by atoms with Crippen LogP contribution in [0.4, 0.5) is 0 Å². The smallest absolute Gasteiger partial charge is 0.223 e. The lowest BCUT2D eigenvalue weighted by Crippen LogP contribution is -2.47. The summed E-state index contributed by atoms with van der Waals surface area (Å²) in [6, 6.07) is -0.247. The van der Waals surface area contributed by atoms with Gasteiger partial charge in [-0.15, -0.1) is 11.3 Å². The number of aliphatic hydroxyl groups is 2. The first-order chi connectivity index (χ1) is 15.9. The molecule has 0 spiro atoms. The highest BCUT2D eigenvalue weighted by molar-refractivity contribution is 7.09. The first-order valence-corrected chi connectivity index (χ1v) is 13.2. The van der Waals surface area contributed by atoms with Crippen molar-refractivity contribution in [2.24, 2.45) is 17.3 Å². The lowest BCUT2D eigenvalue weighted by atomic mass is 9.73. The summed E-state index contributed by atoms with van der Waals surface area (Å²) in [4.78, 5) is 30.6. The van der Waals surface area contributed by atoms with Crippen molar-refractivity contribution in [1.82, 2.24) is 10.3 Å². The number of ketones is 1. The number of aryl methyl sites for hydroxylation is 1. The van der Waals surface area contributed by atoms with Crippen LogP contribution >= 0.6 is 11.3 Å². The minimum absolute atomic E-state index is 0.0419. The molecular formula is C26H40N2O5S. The molecule has 2 aliphatic heterocycles. The van der Waals surface area contributed by atoms with Crippen LogP contribution in [-0.4, -0.2) is 57.3 Å². The number of nitrogens with one attached hydrogen (secondary N) is 1. The van der Waals surface area contributed by atoms with Crippen LogP contribution in [0.15, 0.2) is 11.0 Å². The maximum atomic E-state index is 13.2. The normalized spacial score (nSPS) is 36.0.